The van der Waals surface area contributed by atoms with Crippen molar-refractivity contribution in [1.29, 1.82) is 5.26 Å². The van der Waals surface area contributed by atoms with E-state index in [1.165, 1.54) is 19.1 Å². The number of benzene rings is 2. The van der Waals surface area contributed by atoms with Gasteiger partial charge in [0.15, 0.2) is 6.10 Å². The molecule has 2 aromatic carbocycles. The van der Waals surface area contributed by atoms with Crippen molar-refractivity contribution in [3.05, 3.63) is 63.6 Å². The van der Waals surface area contributed by atoms with E-state index in [0.717, 1.165) is 0 Å². The second kappa shape index (κ2) is 7.82. The van der Waals surface area contributed by atoms with Gasteiger partial charge in [-0.15, -0.1) is 0 Å². The summed E-state index contributed by atoms with van der Waals surface area (Å²) in [7, 11) is 0. The van der Waals surface area contributed by atoms with Crippen molar-refractivity contribution in [3.63, 3.8) is 0 Å². The van der Waals surface area contributed by atoms with Crippen molar-refractivity contribution in [1.82, 2.24) is 0 Å². The molecule has 0 fully saturated rings. The maximum Gasteiger partial charge on any atom is 0.340 e. The lowest BCUT2D eigenvalue weighted by molar-refractivity contribution is -0.123. The first kappa shape index (κ1) is 17.8. The number of nitriles is 1. The molecule has 0 bridgehead atoms. The molecule has 1 amide bonds. The Bertz CT molecular complexity index is 814. The van der Waals surface area contributed by atoms with Gasteiger partial charge in [0.25, 0.3) is 5.91 Å². The molecule has 122 valence electrons. The van der Waals surface area contributed by atoms with Gasteiger partial charge in [0.05, 0.1) is 22.2 Å². The summed E-state index contributed by atoms with van der Waals surface area (Å²) in [5.41, 5.74) is 1.05. The van der Waals surface area contributed by atoms with E-state index >= 15 is 0 Å². The topological polar surface area (TPSA) is 79.2 Å². The Morgan fingerprint density at radius 1 is 1.17 bits per heavy atom. The summed E-state index contributed by atoms with van der Waals surface area (Å²) < 4.78 is 5.10. The quantitative estimate of drug-likeness (QED) is 0.832. The fourth-order valence-electron chi connectivity index (χ4n) is 1.80. The Morgan fingerprint density at radius 3 is 2.46 bits per heavy atom. The third-order valence-corrected chi connectivity index (χ3v) is 3.65. The molecular weight excluding hydrogens is 351 g/mol. The number of esters is 1. The Kier molecular flexibility index (Phi) is 5.80. The molecule has 5 nitrogen and oxygen atoms in total. The fourth-order valence-corrected chi connectivity index (χ4v) is 2.17. The number of rotatable bonds is 4. The average molecular weight is 363 g/mol. The Labute approximate surface area is 148 Å². The van der Waals surface area contributed by atoms with Crippen LogP contribution in [-0.4, -0.2) is 18.0 Å². The summed E-state index contributed by atoms with van der Waals surface area (Å²) in [5, 5.41) is 11.8. The zero-order valence-corrected chi connectivity index (χ0v) is 14.1. The monoisotopic (exact) mass is 362 g/mol. The summed E-state index contributed by atoms with van der Waals surface area (Å²) >= 11 is 11.7. The number of hydrogen-bond acceptors (Lipinski definition) is 4. The average Bonchev–Trinajstić information content (AvgIpc) is 2.57. The van der Waals surface area contributed by atoms with Crippen molar-refractivity contribution >= 4 is 40.8 Å². The van der Waals surface area contributed by atoms with Crippen LogP contribution in [-0.2, 0) is 9.53 Å². The van der Waals surface area contributed by atoms with Crippen LogP contribution in [0, 0.1) is 11.3 Å². The zero-order chi connectivity index (χ0) is 17.7. The molecule has 2 aromatic rings. The van der Waals surface area contributed by atoms with Gasteiger partial charge in [-0.3, -0.25) is 4.79 Å². The Balaban J connectivity index is 2.01. The van der Waals surface area contributed by atoms with Gasteiger partial charge < -0.3 is 10.1 Å². The molecule has 1 unspecified atom stereocenters. The SMILES string of the molecule is CC(OC(=O)c1cc(Cl)ccc1Cl)C(=O)Nc1ccc(C#N)cc1. The largest absolute Gasteiger partial charge is 0.449 e. The second-order valence-electron chi connectivity index (χ2n) is 4.85. The van der Waals surface area contributed by atoms with Crippen LogP contribution in [0.2, 0.25) is 10.0 Å². The molecule has 0 aliphatic carbocycles. The lowest BCUT2D eigenvalue weighted by atomic mass is 10.2. The van der Waals surface area contributed by atoms with Crippen molar-refractivity contribution in [2.24, 2.45) is 0 Å². The highest BCUT2D eigenvalue weighted by Crippen LogP contribution is 2.22. The van der Waals surface area contributed by atoms with Crippen molar-refractivity contribution in [2.45, 2.75) is 13.0 Å². The molecule has 0 spiro atoms. The van der Waals surface area contributed by atoms with Crippen LogP contribution < -0.4 is 5.32 Å². The number of nitrogens with zero attached hydrogens (tertiary/aromatic N) is 1. The molecule has 0 radical (unpaired) electrons. The van der Waals surface area contributed by atoms with Crippen LogP contribution in [0.25, 0.3) is 0 Å². The Morgan fingerprint density at radius 2 is 1.83 bits per heavy atom. The van der Waals surface area contributed by atoms with E-state index in [4.69, 9.17) is 33.2 Å². The number of ether oxygens (including phenoxy) is 1. The molecular formula is C17H12Cl2N2O3. The van der Waals surface area contributed by atoms with Gasteiger partial charge in [0, 0.05) is 10.7 Å². The summed E-state index contributed by atoms with van der Waals surface area (Å²) in [6.45, 7) is 1.44. The highest BCUT2D eigenvalue weighted by Gasteiger charge is 2.21. The minimum atomic E-state index is -1.04. The number of carbonyl (C=O) groups is 2. The van der Waals surface area contributed by atoms with Crippen LogP contribution in [0.5, 0.6) is 0 Å². The molecule has 0 heterocycles. The van der Waals surface area contributed by atoms with E-state index in [1.54, 1.807) is 30.3 Å². The fraction of sp³-hybridized carbons (Fsp3) is 0.118. The van der Waals surface area contributed by atoms with Crippen LogP contribution in [0.3, 0.4) is 0 Å². The molecule has 0 aromatic heterocycles. The van der Waals surface area contributed by atoms with Gasteiger partial charge in [-0.1, -0.05) is 23.2 Å². The summed E-state index contributed by atoms with van der Waals surface area (Å²) in [5.74, 6) is -1.25. The highest BCUT2D eigenvalue weighted by molar-refractivity contribution is 6.35. The molecule has 7 heteroatoms. The van der Waals surface area contributed by atoms with Crippen LogP contribution in [0.4, 0.5) is 5.69 Å². The van der Waals surface area contributed by atoms with Gasteiger partial charge in [0.2, 0.25) is 0 Å². The third-order valence-electron chi connectivity index (χ3n) is 3.08. The predicted molar refractivity (Wildman–Crippen MR) is 91.1 cm³/mol. The number of hydrogen-bond donors (Lipinski definition) is 1. The van der Waals surface area contributed by atoms with Crippen LogP contribution >= 0.6 is 23.2 Å². The van der Waals surface area contributed by atoms with E-state index in [0.29, 0.717) is 16.3 Å². The lowest BCUT2D eigenvalue weighted by Gasteiger charge is -2.14. The summed E-state index contributed by atoms with van der Waals surface area (Å²) in [4.78, 5) is 24.2. The molecule has 0 aliphatic heterocycles. The first-order valence-electron chi connectivity index (χ1n) is 6.88. The molecule has 0 aliphatic rings. The number of anilines is 1. The van der Waals surface area contributed by atoms with Crippen LogP contribution in [0.15, 0.2) is 42.5 Å². The van der Waals surface area contributed by atoms with Gasteiger partial charge in [0.1, 0.15) is 0 Å². The second-order valence-corrected chi connectivity index (χ2v) is 5.69. The maximum atomic E-state index is 12.1. The van der Waals surface area contributed by atoms with Crippen LogP contribution in [0.1, 0.15) is 22.8 Å². The normalized spacial score (nSPS) is 11.2. The number of amides is 1. The van der Waals surface area contributed by atoms with E-state index < -0.39 is 18.0 Å². The highest BCUT2D eigenvalue weighted by atomic mass is 35.5. The first-order valence-corrected chi connectivity index (χ1v) is 7.63. The molecule has 1 N–H and O–H groups in total. The third kappa shape index (κ3) is 4.48. The molecule has 2 rings (SSSR count). The predicted octanol–water partition coefficient (Wildman–Crippen LogP) is 4.05. The Hall–Kier alpha value is -2.55. The lowest BCUT2D eigenvalue weighted by Crippen LogP contribution is -2.30. The molecule has 0 saturated carbocycles. The van der Waals surface area contributed by atoms with Crippen molar-refractivity contribution in [3.8, 4) is 6.07 Å². The van der Waals surface area contributed by atoms with Gasteiger partial charge in [-0.2, -0.15) is 5.26 Å². The van der Waals surface area contributed by atoms with E-state index in [-0.39, 0.29) is 10.6 Å². The summed E-state index contributed by atoms with van der Waals surface area (Å²) in [6.07, 6.45) is -1.04. The number of nitrogens with one attached hydrogen (secondary N) is 1. The standard InChI is InChI=1S/C17H12Cl2N2O3/c1-10(16(22)21-13-5-2-11(9-20)3-6-13)24-17(23)14-8-12(18)4-7-15(14)19/h2-8,10H,1H3,(H,21,22). The molecule has 0 saturated heterocycles. The maximum absolute atomic E-state index is 12.1. The van der Waals surface area contributed by atoms with E-state index in [2.05, 4.69) is 5.32 Å². The minimum absolute atomic E-state index is 0.0854. The minimum Gasteiger partial charge on any atom is -0.449 e. The number of carbonyl (C=O) groups excluding carboxylic acids is 2. The smallest absolute Gasteiger partial charge is 0.340 e. The van der Waals surface area contributed by atoms with Gasteiger partial charge in [-0.05, 0) is 49.4 Å². The van der Waals surface area contributed by atoms with E-state index in [9.17, 15) is 9.59 Å². The van der Waals surface area contributed by atoms with Crippen molar-refractivity contribution in [2.75, 3.05) is 5.32 Å². The molecule has 1 atom stereocenters. The van der Waals surface area contributed by atoms with Gasteiger partial charge in [-0.25, -0.2) is 4.79 Å². The molecule has 24 heavy (non-hydrogen) atoms. The van der Waals surface area contributed by atoms with E-state index in [1.807, 2.05) is 6.07 Å². The van der Waals surface area contributed by atoms with Gasteiger partial charge >= 0.3 is 5.97 Å². The summed E-state index contributed by atoms with van der Waals surface area (Å²) in [6, 6.07) is 12.7. The zero-order valence-electron chi connectivity index (χ0n) is 12.5. The first-order chi connectivity index (χ1) is 11.4. The number of halogens is 2. The van der Waals surface area contributed by atoms with Crippen molar-refractivity contribution < 1.29 is 14.3 Å².